The number of carbonyl (C=O) groups excluding carboxylic acids is 3. The normalized spacial score (nSPS) is 22.0. The number of carbonyl (C=O) groups is 3. The molecule has 1 heterocycles. The van der Waals surface area contributed by atoms with Crippen LogP contribution >= 0.6 is 0 Å². The van der Waals surface area contributed by atoms with Gasteiger partial charge in [0.15, 0.2) is 0 Å². The van der Waals surface area contributed by atoms with Crippen molar-refractivity contribution in [3.8, 4) is 0 Å². The molecule has 23 heavy (non-hydrogen) atoms. The molecule has 1 saturated heterocycles. The van der Waals surface area contributed by atoms with Crippen molar-refractivity contribution in [2.75, 3.05) is 6.54 Å². The number of nitrogens with one attached hydrogen (secondary N) is 1. The van der Waals surface area contributed by atoms with Gasteiger partial charge in [0.25, 0.3) is 0 Å². The zero-order valence-electron chi connectivity index (χ0n) is 14.1. The first-order valence-electron chi connectivity index (χ1n) is 8.43. The maximum Gasteiger partial charge on any atom is 0.245 e. The Morgan fingerprint density at radius 3 is 2.61 bits per heavy atom. The van der Waals surface area contributed by atoms with E-state index in [9.17, 15) is 19.5 Å². The Bertz CT molecular complexity index is 428. The average Bonchev–Trinajstić information content (AvgIpc) is 2.87. The molecule has 1 rings (SSSR count). The van der Waals surface area contributed by atoms with E-state index in [1.165, 1.54) is 4.90 Å². The molecule has 3 atom stereocenters. The summed E-state index contributed by atoms with van der Waals surface area (Å²) >= 11 is 0. The van der Waals surface area contributed by atoms with Crippen molar-refractivity contribution in [1.29, 1.82) is 0 Å². The number of primary amides is 1. The number of nitrogens with two attached hydrogens (primary N) is 1. The van der Waals surface area contributed by atoms with Crippen LogP contribution in [0.4, 0.5) is 0 Å². The quantitative estimate of drug-likeness (QED) is 0.529. The van der Waals surface area contributed by atoms with Crippen LogP contribution in [0.2, 0.25) is 0 Å². The van der Waals surface area contributed by atoms with Gasteiger partial charge in [-0.25, -0.2) is 0 Å². The number of hydrogen-bond donors (Lipinski definition) is 3. The number of nitrogens with zero attached hydrogens (tertiary/aromatic N) is 1. The van der Waals surface area contributed by atoms with E-state index >= 15 is 0 Å². The number of aliphatic hydroxyl groups is 1. The van der Waals surface area contributed by atoms with Crippen LogP contribution in [0.5, 0.6) is 0 Å². The van der Waals surface area contributed by atoms with Crippen molar-refractivity contribution < 1.29 is 19.5 Å². The van der Waals surface area contributed by atoms with Crippen molar-refractivity contribution in [3.63, 3.8) is 0 Å². The summed E-state index contributed by atoms with van der Waals surface area (Å²) in [5, 5.41) is 12.8. The molecule has 0 aromatic carbocycles. The Balaban J connectivity index is 2.57. The molecule has 2 unspecified atom stereocenters. The number of likely N-dealkylation sites (tertiary alicyclic amines) is 1. The maximum absolute atomic E-state index is 12.4. The lowest BCUT2D eigenvalue weighted by Crippen LogP contribution is -2.52. The summed E-state index contributed by atoms with van der Waals surface area (Å²) in [6.45, 7) is 4.24. The van der Waals surface area contributed by atoms with E-state index in [0.717, 1.165) is 19.3 Å². The van der Waals surface area contributed by atoms with E-state index in [-0.39, 0.29) is 24.3 Å². The molecule has 0 spiro atoms. The Morgan fingerprint density at radius 2 is 2.00 bits per heavy atom. The van der Waals surface area contributed by atoms with Crippen LogP contribution in [0.25, 0.3) is 0 Å². The van der Waals surface area contributed by atoms with Gasteiger partial charge in [-0.3, -0.25) is 14.4 Å². The van der Waals surface area contributed by atoms with E-state index in [1.807, 2.05) is 0 Å². The van der Waals surface area contributed by atoms with Crippen LogP contribution in [-0.2, 0) is 14.4 Å². The van der Waals surface area contributed by atoms with Gasteiger partial charge in [-0.2, -0.15) is 0 Å². The Kier molecular flexibility index (Phi) is 8.02. The molecule has 0 radical (unpaired) electrons. The van der Waals surface area contributed by atoms with Crippen LogP contribution in [0, 0.1) is 0 Å². The van der Waals surface area contributed by atoms with Crippen molar-refractivity contribution in [2.45, 2.75) is 77.0 Å². The molecular formula is C16H29N3O4. The summed E-state index contributed by atoms with van der Waals surface area (Å²) in [5.41, 5.74) is 5.09. The zero-order valence-corrected chi connectivity index (χ0v) is 14.1. The Labute approximate surface area is 137 Å². The van der Waals surface area contributed by atoms with Crippen LogP contribution in [-0.4, -0.2) is 52.5 Å². The summed E-state index contributed by atoms with van der Waals surface area (Å²) in [7, 11) is 0. The average molecular weight is 327 g/mol. The summed E-state index contributed by atoms with van der Waals surface area (Å²) in [6.07, 6.45) is 3.40. The van der Waals surface area contributed by atoms with Gasteiger partial charge in [0.05, 0.1) is 6.10 Å². The third-order valence-electron chi connectivity index (χ3n) is 4.16. The third kappa shape index (κ3) is 6.17. The minimum Gasteiger partial charge on any atom is -0.390 e. The van der Waals surface area contributed by atoms with Gasteiger partial charge >= 0.3 is 0 Å². The largest absolute Gasteiger partial charge is 0.390 e. The predicted octanol–water partition coefficient (Wildman–Crippen LogP) is 0.299. The summed E-state index contributed by atoms with van der Waals surface area (Å²) in [4.78, 5) is 36.9. The van der Waals surface area contributed by atoms with Gasteiger partial charge < -0.3 is 21.1 Å². The molecule has 1 aliphatic rings. The highest BCUT2D eigenvalue weighted by atomic mass is 16.3. The SMILES string of the molecule is CCCCCC(=O)N1CCC(O)C1C(=O)N[C@H](C)CCC(N)=O. The Morgan fingerprint density at radius 1 is 1.30 bits per heavy atom. The van der Waals surface area contributed by atoms with Gasteiger partial charge in [0, 0.05) is 25.4 Å². The predicted molar refractivity (Wildman–Crippen MR) is 86.3 cm³/mol. The minimum atomic E-state index is -0.839. The number of aliphatic hydroxyl groups excluding tert-OH is 1. The second-order valence-electron chi connectivity index (χ2n) is 6.26. The lowest BCUT2D eigenvalue weighted by Gasteiger charge is -2.27. The number of hydrogen-bond acceptors (Lipinski definition) is 4. The molecule has 0 bridgehead atoms. The molecule has 1 aliphatic heterocycles. The van der Waals surface area contributed by atoms with E-state index in [2.05, 4.69) is 12.2 Å². The van der Waals surface area contributed by atoms with E-state index in [1.54, 1.807) is 6.92 Å². The molecule has 7 heteroatoms. The van der Waals surface area contributed by atoms with Crippen LogP contribution < -0.4 is 11.1 Å². The maximum atomic E-state index is 12.4. The van der Waals surface area contributed by atoms with Crippen molar-refractivity contribution >= 4 is 17.7 Å². The summed E-state index contributed by atoms with van der Waals surface area (Å²) in [5.74, 6) is -0.865. The lowest BCUT2D eigenvalue weighted by atomic mass is 10.1. The van der Waals surface area contributed by atoms with E-state index in [4.69, 9.17) is 5.73 Å². The molecule has 0 aromatic heterocycles. The number of amides is 3. The fraction of sp³-hybridized carbons (Fsp3) is 0.812. The van der Waals surface area contributed by atoms with Gasteiger partial charge in [0.1, 0.15) is 6.04 Å². The molecule has 0 aromatic rings. The highest BCUT2D eigenvalue weighted by Crippen LogP contribution is 2.20. The van der Waals surface area contributed by atoms with Crippen molar-refractivity contribution in [2.24, 2.45) is 5.73 Å². The highest BCUT2D eigenvalue weighted by Gasteiger charge is 2.40. The minimum absolute atomic E-state index is 0.0834. The van der Waals surface area contributed by atoms with Crippen LogP contribution in [0.15, 0.2) is 0 Å². The second-order valence-corrected chi connectivity index (χ2v) is 6.26. The van der Waals surface area contributed by atoms with Gasteiger partial charge in [-0.05, 0) is 26.2 Å². The Hall–Kier alpha value is -1.63. The molecule has 1 fully saturated rings. The zero-order chi connectivity index (χ0) is 17.4. The van der Waals surface area contributed by atoms with Crippen molar-refractivity contribution in [3.05, 3.63) is 0 Å². The molecule has 7 nitrogen and oxygen atoms in total. The number of unbranched alkanes of at least 4 members (excludes halogenated alkanes) is 2. The number of rotatable bonds is 9. The standard InChI is InChI=1S/C16H29N3O4/c1-3-4-5-6-14(22)19-10-9-12(20)15(19)16(23)18-11(2)7-8-13(17)21/h11-12,15,20H,3-10H2,1-2H3,(H2,17,21)(H,18,23)/t11-,12?,15?/m1/s1. The first kappa shape index (κ1) is 19.4. The second kappa shape index (κ2) is 9.50. The molecule has 3 amide bonds. The van der Waals surface area contributed by atoms with E-state index < -0.39 is 18.1 Å². The fourth-order valence-electron chi connectivity index (χ4n) is 2.80. The first-order valence-corrected chi connectivity index (χ1v) is 8.43. The highest BCUT2D eigenvalue weighted by molar-refractivity contribution is 5.89. The van der Waals surface area contributed by atoms with Crippen molar-refractivity contribution in [1.82, 2.24) is 10.2 Å². The topological polar surface area (TPSA) is 113 Å². The van der Waals surface area contributed by atoms with Crippen LogP contribution in [0.1, 0.15) is 58.8 Å². The molecule has 0 aliphatic carbocycles. The molecular weight excluding hydrogens is 298 g/mol. The molecule has 4 N–H and O–H groups in total. The monoisotopic (exact) mass is 327 g/mol. The first-order chi connectivity index (χ1) is 10.9. The summed E-state index contributed by atoms with van der Waals surface area (Å²) < 4.78 is 0. The fourth-order valence-corrected chi connectivity index (χ4v) is 2.80. The van der Waals surface area contributed by atoms with Crippen LogP contribution in [0.3, 0.4) is 0 Å². The lowest BCUT2D eigenvalue weighted by molar-refractivity contribution is -0.141. The van der Waals surface area contributed by atoms with E-state index in [0.29, 0.717) is 25.8 Å². The van der Waals surface area contributed by atoms with Gasteiger partial charge in [-0.1, -0.05) is 19.8 Å². The van der Waals surface area contributed by atoms with Gasteiger partial charge in [-0.15, -0.1) is 0 Å². The molecule has 0 saturated carbocycles. The molecule has 132 valence electrons. The third-order valence-corrected chi connectivity index (χ3v) is 4.16. The smallest absolute Gasteiger partial charge is 0.245 e. The van der Waals surface area contributed by atoms with Gasteiger partial charge in [0.2, 0.25) is 17.7 Å². The summed E-state index contributed by atoms with van der Waals surface area (Å²) in [6, 6.07) is -1.07.